The highest BCUT2D eigenvalue weighted by atomic mass is 16.2. The molecule has 0 saturated carbocycles. The SMILES string of the molecule is Cc1c(N)cccc1C(=O)N(C)CC1CCN(C)CC1. The van der Waals surface area contributed by atoms with Gasteiger partial charge in [-0.15, -0.1) is 0 Å². The van der Waals surface area contributed by atoms with Gasteiger partial charge in [0.2, 0.25) is 0 Å². The predicted octanol–water partition coefficient (Wildman–Crippen LogP) is 1.99. The molecule has 1 amide bonds. The number of amides is 1. The first-order valence-corrected chi connectivity index (χ1v) is 7.28. The zero-order valence-corrected chi connectivity index (χ0v) is 12.7. The summed E-state index contributed by atoms with van der Waals surface area (Å²) in [6.07, 6.45) is 2.34. The molecule has 0 aliphatic carbocycles. The third-order valence-corrected chi connectivity index (χ3v) is 4.32. The van der Waals surface area contributed by atoms with E-state index >= 15 is 0 Å². The van der Waals surface area contributed by atoms with Crippen LogP contribution in [0.1, 0.15) is 28.8 Å². The summed E-state index contributed by atoms with van der Waals surface area (Å²) in [7, 11) is 4.05. The second-order valence-corrected chi connectivity index (χ2v) is 5.95. The van der Waals surface area contributed by atoms with Crippen molar-refractivity contribution < 1.29 is 4.79 Å². The molecule has 0 radical (unpaired) electrons. The van der Waals surface area contributed by atoms with Gasteiger partial charge in [-0.25, -0.2) is 0 Å². The average molecular weight is 275 g/mol. The highest BCUT2D eigenvalue weighted by molar-refractivity contribution is 5.96. The molecule has 20 heavy (non-hydrogen) atoms. The number of nitrogen functional groups attached to an aromatic ring is 1. The number of hydrogen-bond acceptors (Lipinski definition) is 3. The molecule has 2 rings (SSSR count). The van der Waals surface area contributed by atoms with Crippen LogP contribution in [0.5, 0.6) is 0 Å². The van der Waals surface area contributed by atoms with Gasteiger partial charge < -0.3 is 15.5 Å². The van der Waals surface area contributed by atoms with Crippen LogP contribution >= 0.6 is 0 Å². The zero-order valence-electron chi connectivity index (χ0n) is 12.7. The number of anilines is 1. The quantitative estimate of drug-likeness (QED) is 0.858. The topological polar surface area (TPSA) is 49.6 Å². The van der Waals surface area contributed by atoms with Gasteiger partial charge in [0.1, 0.15) is 0 Å². The lowest BCUT2D eigenvalue weighted by molar-refractivity contribution is 0.0746. The summed E-state index contributed by atoms with van der Waals surface area (Å²) < 4.78 is 0. The maximum atomic E-state index is 12.5. The van der Waals surface area contributed by atoms with E-state index in [1.807, 2.05) is 37.1 Å². The molecule has 0 spiro atoms. The van der Waals surface area contributed by atoms with Crippen molar-refractivity contribution in [2.45, 2.75) is 19.8 Å². The summed E-state index contributed by atoms with van der Waals surface area (Å²) in [6, 6.07) is 5.54. The highest BCUT2D eigenvalue weighted by Gasteiger charge is 2.21. The van der Waals surface area contributed by atoms with E-state index in [4.69, 9.17) is 5.73 Å². The number of nitrogens with two attached hydrogens (primary N) is 1. The van der Waals surface area contributed by atoms with E-state index in [1.54, 1.807) is 0 Å². The fourth-order valence-corrected chi connectivity index (χ4v) is 2.81. The molecule has 4 heteroatoms. The Labute approximate surface area is 121 Å². The first kappa shape index (κ1) is 14.9. The van der Waals surface area contributed by atoms with E-state index in [9.17, 15) is 4.79 Å². The maximum absolute atomic E-state index is 12.5. The standard InChI is InChI=1S/C16H25N3O/c1-12-14(5-4-6-15(12)17)16(20)19(3)11-13-7-9-18(2)10-8-13/h4-6,13H,7-11,17H2,1-3H3. The Morgan fingerprint density at radius 1 is 1.40 bits per heavy atom. The molecule has 1 saturated heterocycles. The molecule has 1 fully saturated rings. The number of carbonyl (C=O) groups is 1. The van der Waals surface area contributed by atoms with E-state index in [1.165, 1.54) is 12.8 Å². The van der Waals surface area contributed by atoms with Crippen LogP contribution in [0.3, 0.4) is 0 Å². The van der Waals surface area contributed by atoms with Crippen LogP contribution in [-0.4, -0.2) is 49.4 Å². The lowest BCUT2D eigenvalue weighted by Crippen LogP contribution is -2.38. The van der Waals surface area contributed by atoms with Crippen LogP contribution in [0.25, 0.3) is 0 Å². The van der Waals surface area contributed by atoms with Crippen molar-refractivity contribution >= 4 is 11.6 Å². The molecule has 1 aliphatic heterocycles. The summed E-state index contributed by atoms with van der Waals surface area (Å²) in [5.74, 6) is 0.690. The van der Waals surface area contributed by atoms with Crippen LogP contribution in [0.4, 0.5) is 5.69 Å². The van der Waals surface area contributed by atoms with Crippen LogP contribution in [0, 0.1) is 12.8 Å². The van der Waals surface area contributed by atoms with Crippen LogP contribution in [0.15, 0.2) is 18.2 Å². The van der Waals surface area contributed by atoms with Crippen molar-refractivity contribution in [3.63, 3.8) is 0 Å². The highest BCUT2D eigenvalue weighted by Crippen LogP contribution is 2.20. The van der Waals surface area contributed by atoms with Gasteiger partial charge in [-0.1, -0.05) is 6.07 Å². The first-order valence-electron chi connectivity index (χ1n) is 7.28. The summed E-state index contributed by atoms with van der Waals surface area (Å²) in [4.78, 5) is 16.7. The average Bonchev–Trinajstić information content (AvgIpc) is 2.43. The minimum atomic E-state index is 0.0775. The van der Waals surface area contributed by atoms with E-state index in [-0.39, 0.29) is 5.91 Å². The van der Waals surface area contributed by atoms with Crippen molar-refractivity contribution in [1.82, 2.24) is 9.80 Å². The Kier molecular flexibility index (Phi) is 4.65. The number of piperidine rings is 1. The Morgan fingerprint density at radius 2 is 2.05 bits per heavy atom. The van der Waals surface area contributed by atoms with Crippen molar-refractivity contribution in [3.05, 3.63) is 29.3 Å². The summed E-state index contributed by atoms with van der Waals surface area (Å²) in [5, 5.41) is 0. The normalized spacial score (nSPS) is 17.1. The number of benzene rings is 1. The third kappa shape index (κ3) is 3.31. The first-order chi connectivity index (χ1) is 9.49. The van der Waals surface area contributed by atoms with Crippen molar-refractivity contribution in [1.29, 1.82) is 0 Å². The Hall–Kier alpha value is -1.55. The summed E-state index contributed by atoms with van der Waals surface area (Å²) in [5.41, 5.74) is 8.17. The lowest BCUT2D eigenvalue weighted by Gasteiger charge is -2.31. The van der Waals surface area contributed by atoms with Gasteiger partial charge in [0.05, 0.1) is 0 Å². The number of rotatable bonds is 3. The molecule has 1 heterocycles. The Balaban J connectivity index is 2.00. The molecule has 1 aromatic rings. The van der Waals surface area contributed by atoms with Gasteiger partial charge >= 0.3 is 0 Å². The second kappa shape index (κ2) is 6.27. The van der Waals surface area contributed by atoms with Crippen molar-refractivity contribution in [2.24, 2.45) is 5.92 Å². The minimum Gasteiger partial charge on any atom is -0.398 e. The molecule has 0 bridgehead atoms. The van der Waals surface area contributed by atoms with Crippen molar-refractivity contribution in [2.75, 3.05) is 39.5 Å². The van der Waals surface area contributed by atoms with Gasteiger partial charge in [-0.3, -0.25) is 4.79 Å². The van der Waals surface area contributed by atoms with E-state index in [2.05, 4.69) is 11.9 Å². The molecular weight excluding hydrogens is 250 g/mol. The second-order valence-electron chi connectivity index (χ2n) is 5.95. The molecule has 110 valence electrons. The largest absolute Gasteiger partial charge is 0.398 e. The van der Waals surface area contributed by atoms with Gasteiger partial charge in [0.25, 0.3) is 5.91 Å². The van der Waals surface area contributed by atoms with E-state index in [0.29, 0.717) is 11.6 Å². The van der Waals surface area contributed by atoms with Gasteiger partial charge in [0.15, 0.2) is 0 Å². The van der Waals surface area contributed by atoms with Gasteiger partial charge in [-0.05, 0) is 63.5 Å². The fourth-order valence-electron chi connectivity index (χ4n) is 2.81. The third-order valence-electron chi connectivity index (χ3n) is 4.32. The summed E-state index contributed by atoms with van der Waals surface area (Å²) in [6.45, 7) is 5.00. The summed E-state index contributed by atoms with van der Waals surface area (Å²) >= 11 is 0. The van der Waals surface area contributed by atoms with Crippen LogP contribution in [-0.2, 0) is 0 Å². The molecule has 1 aliphatic rings. The number of likely N-dealkylation sites (tertiary alicyclic amines) is 1. The Morgan fingerprint density at radius 3 is 2.70 bits per heavy atom. The Bertz CT molecular complexity index is 479. The van der Waals surface area contributed by atoms with Crippen LogP contribution in [0.2, 0.25) is 0 Å². The minimum absolute atomic E-state index is 0.0775. The van der Waals surface area contributed by atoms with Crippen LogP contribution < -0.4 is 5.73 Å². The molecule has 0 unspecified atom stereocenters. The molecule has 0 aromatic heterocycles. The predicted molar refractivity (Wildman–Crippen MR) is 82.8 cm³/mol. The van der Waals surface area contributed by atoms with E-state index in [0.717, 1.165) is 30.8 Å². The number of nitrogens with zero attached hydrogens (tertiary/aromatic N) is 2. The molecule has 0 atom stereocenters. The number of hydrogen-bond donors (Lipinski definition) is 1. The van der Waals surface area contributed by atoms with Gasteiger partial charge in [-0.2, -0.15) is 0 Å². The van der Waals surface area contributed by atoms with Crippen molar-refractivity contribution in [3.8, 4) is 0 Å². The fraction of sp³-hybridized carbons (Fsp3) is 0.562. The monoisotopic (exact) mass is 275 g/mol. The zero-order chi connectivity index (χ0) is 14.7. The molecule has 1 aromatic carbocycles. The lowest BCUT2D eigenvalue weighted by atomic mass is 9.96. The molecular formula is C16H25N3O. The van der Waals surface area contributed by atoms with Gasteiger partial charge in [0, 0.05) is 24.8 Å². The molecule has 2 N–H and O–H groups in total. The number of carbonyl (C=O) groups excluding carboxylic acids is 1. The maximum Gasteiger partial charge on any atom is 0.253 e. The smallest absolute Gasteiger partial charge is 0.253 e. The molecule has 4 nitrogen and oxygen atoms in total. The van der Waals surface area contributed by atoms with E-state index < -0.39 is 0 Å².